The number of aryl methyl sites for hydroxylation is 4. The van der Waals surface area contributed by atoms with Gasteiger partial charge in [-0.25, -0.2) is 0 Å². The van der Waals surface area contributed by atoms with Crippen LogP contribution in [-0.2, 0) is 32.3 Å². The van der Waals surface area contributed by atoms with Crippen molar-refractivity contribution in [1.29, 1.82) is 0 Å². The Kier molecular flexibility index (Phi) is 15.9. The molecule has 0 saturated carbocycles. The number of hydrogen-bond acceptors (Lipinski definition) is 7. The summed E-state index contributed by atoms with van der Waals surface area (Å²) >= 11 is 0. The first-order chi connectivity index (χ1) is 26.1. The standard InChI is InChI=1S/C24H25NO2.C23H24N2O2.ClH/c1-17-8-7-9-18(2)24(17)22-13-21(14-25-15-22)19(3)12-23(26)27-16-20-10-5-4-6-11-20;1-16-7-6-8-17(2)23(16)20-11-19(13-25-14-20)21(24)12-22(26)27-15-18-9-4-3-5-10-18;/h4-11,13-15,19H,12,16H2,1-3H3;3-11,13-14,21H,12,15,24H2,1-2H3;1H/t19-;21-;/m00./s1. The smallest absolute Gasteiger partial charge is 0.308 e. The molecule has 2 heterocycles. The summed E-state index contributed by atoms with van der Waals surface area (Å²) in [5.74, 6) is -0.460. The van der Waals surface area contributed by atoms with Gasteiger partial charge in [0.15, 0.2) is 0 Å². The zero-order valence-corrected chi connectivity index (χ0v) is 33.0. The van der Waals surface area contributed by atoms with Gasteiger partial charge in [0.1, 0.15) is 13.2 Å². The molecular weight excluding hydrogens is 706 g/mol. The minimum absolute atomic E-state index is 0. The second kappa shape index (κ2) is 20.7. The summed E-state index contributed by atoms with van der Waals surface area (Å²) in [5.41, 5.74) is 19.4. The fraction of sp³-hybridized carbons (Fsp3) is 0.234. The number of carbonyl (C=O) groups is 2. The van der Waals surface area contributed by atoms with E-state index in [0.717, 1.165) is 38.9 Å². The molecule has 0 aliphatic heterocycles. The van der Waals surface area contributed by atoms with E-state index in [9.17, 15) is 9.59 Å². The lowest BCUT2D eigenvalue weighted by Crippen LogP contribution is -2.17. The summed E-state index contributed by atoms with van der Waals surface area (Å²) in [6, 6.07) is 35.5. The monoisotopic (exact) mass is 755 g/mol. The van der Waals surface area contributed by atoms with Crippen LogP contribution in [0.2, 0.25) is 0 Å². The van der Waals surface area contributed by atoms with Crippen molar-refractivity contribution in [3.63, 3.8) is 0 Å². The van der Waals surface area contributed by atoms with Crippen LogP contribution in [0.1, 0.15) is 76.2 Å². The minimum atomic E-state index is -0.454. The molecule has 6 aromatic rings. The highest BCUT2D eigenvalue weighted by atomic mass is 35.5. The fourth-order valence-corrected chi connectivity index (χ4v) is 6.46. The zero-order valence-electron chi connectivity index (χ0n) is 32.2. The van der Waals surface area contributed by atoms with E-state index in [1.807, 2.05) is 98.3 Å². The number of benzene rings is 4. The molecule has 7 nitrogen and oxygen atoms in total. The lowest BCUT2D eigenvalue weighted by molar-refractivity contribution is -0.146. The van der Waals surface area contributed by atoms with Gasteiger partial charge in [-0.3, -0.25) is 19.6 Å². The van der Waals surface area contributed by atoms with Gasteiger partial charge in [-0.15, -0.1) is 12.4 Å². The van der Waals surface area contributed by atoms with E-state index >= 15 is 0 Å². The van der Waals surface area contributed by atoms with Gasteiger partial charge in [-0.1, -0.05) is 104 Å². The van der Waals surface area contributed by atoms with Crippen LogP contribution in [0.4, 0.5) is 0 Å². The molecule has 0 radical (unpaired) electrons. The number of nitrogens with two attached hydrogens (primary N) is 1. The summed E-state index contributed by atoms with van der Waals surface area (Å²) in [7, 11) is 0. The lowest BCUT2D eigenvalue weighted by atomic mass is 9.93. The van der Waals surface area contributed by atoms with Crippen molar-refractivity contribution in [3.8, 4) is 22.3 Å². The number of halogens is 1. The first-order valence-corrected chi connectivity index (χ1v) is 18.3. The van der Waals surface area contributed by atoms with Gasteiger partial charge in [0, 0.05) is 42.0 Å². The van der Waals surface area contributed by atoms with Crippen molar-refractivity contribution in [2.75, 3.05) is 0 Å². The highest BCUT2D eigenvalue weighted by molar-refractivity contribution is 5.85. The van der Waals surface area contributed by atoms with Gasteiger partial charge in [0.25, 0.3) is 0 Å². The summed E-state index contributed by atoms with van der Waals surface area (Å²) in [4.78, 5) is 33.1. The molecule has 2 aromatic heterocycles. The largest absolute Gasteiger partial charge is 0.461 e. The maximum atomic E-state index is 12.2. The molecule has 2 atom stereocenters. The van der Waals surface area contributed by atoms with Crippen LogP contribution in [0.15, 0.2) is 134 Å². The molecule has 0 spiro atoms. The number of aromatic nitrogens is 2. The number of nitrogens with zero attached hydrogens (tertiary/aromatic N) is 2. The second-order valence-corrected chi connectivity index (χ2v) is 13.8. The maximum Gasteiger partial charge on any atom is 0.308 e. The normalized spacial score (nSPS) is 11.6. The lowest BCUT2D eigenvalue weighted by Gasteiger charge is -2.14. The molecule has 0 aliphatic rings. The quantitative estimate of drug-likeness (QED) is 0.124. The van der Waals surface area contributed by atoms with Crippen molar-refractivity contribution in [2.24, 2.45) is 5.73 Å². The molecule has 2 N–H and O–H groups in total. The summed E-state index contributed by atoms with van der Waals surface area (Å²) < 4.78 is 10.7. The molecule has 0 bridgehead atoms. The van der Waals surface area contributed by atoms with Gasteiger partial charge < -0.3 is 15.2 Å². The molecule has 0 unspecified atom stereocenters. The minimum Gasteiger partial charge on any atom is -0.461 e. The van der Waals surface area contributed by atoms with E-state index in [2.05, 4.69) is 74.1 Å². The molecule has 0 saturated heterocycles. The van der Waals surface area contributed by atoms with Crippen molar-refractivity contribution >= 4 is 24.3 Å². The van der Waals surface area contributed by atoms with Gasteiger partial charge in [-0.2, -0.15) is 0 Å². The van der Waals surface area contributed by atoms with Crippen molar-refractivity contribution in [3.05, 3.63) is 178 Å². The number of hydrogen-bond donors (Lipinski definition) is 1. The zero-order chi connectivity index (χ0) is 38.5. The number of carbonyl (C=O) groups excluding carboxylic acids is 2. The first-order valence-electron chi connectivity index (χ1n) is 18.3. The highest BCUT2D eigenvalue weighted by Crippen LogP contribution is 2.31. The van der Waals surface area contributed by atoms with Gasteiger partial charge in [-0.05, 0) is 101 Å². The van der Waals surface area contributed by atoms with E-state index < -0.39 is 6.04 Å². The average Bonchev–Trinajstić information content (AvgIpc) is 3.17. The number of rotatable bonds is 12. The third-order valence-electron chi connectivity index (χ3n) is 9.40. The SMILES string of the molecule is Cc1cccc(C)c1-c1cncc([C@@H](C)CC(=O)OCc2ccccc2)c1.Cc1cccc(C)c1-c1cncc([C@@H](N)CC(=O)OCc2ccccc2)c1.Cl. The number of ether oxygens (including phenoxy) is 2. The molecule has 0 amide bonds. The Labute approximate surface area is 331 Å². The number of pyridine rings is 2. The van der Waals surface area contributed by atoms with E-state index in [4.69, 9.17) is 15.2 Å². The third kappa shape index (κ3) is 12.2. The summed E-state index contributed by atoms with van der Waals surface area (Å²) in [5, 5.41) is 0. The Balaban J connectivity index is 0.000000240. The number of esters is 2. The van der Waals surface area contributed by atoms with Gasteiger partial charge >= 0.3 is 11.9 Å². The van der Waals surface area contributed by atoms with Crippen LogP contribution in [0.3, 0.4) is 0 Å². The Bertz CT molecular complexity index is 1960. The van der Waals surface area contributed by atoms with Crippen LogP contribution in [0.5, 0.6) is 0 Å². The van der Waals surface area contributed by atoms with E-state index in [1.165, 1.54) is 27.8 Å². The molecule has 0 aliphatic carbocycles. The molecule has 6 rings (SSSR count). The highest BCUT2D eigenvalue weighted by Gasteiger charge is 2.17. The van der Waals surface area contributed by atoms with Crippen molar-refractivity contribution in [2.45, 2.75) is 72.6 Å². The van der Waals surface area contributed by atoms with Crippen LogP contribution < -0.4 is 5.73 Å². The Hall–Kier alpha value is -5.63. The Morgan fingerprint density at radius 2 is 0.964 bits per heavy atom. The predicted molar refractivity (Wildman–Crippen MR) is 223 cm³/mol. The second-order valence-electron chi connectivity index (χ2n) is 13.8. The summed E-state index contributed by atoms with van der Waals surface area (Å²) in [6.45, 7) is 11.0. The predicted octanol–water partition coefficient (Wildman–Crippen LogP) is 10.5. The van der Waals surface area contributed by atoms with Gasteiger partial charge in [0.05, 0.1) is 12.8 Å². The maximum absolute atomic E-state index is 12.2. The molecular formula is C47H50ClN3O4. The van der Waals surface area contributed by atoms with E-state index in [-0.39, 0.29) is 43.3 Å². The Morgan fingerprint density at radius 3 is 1.42 bits per heavy atom. The van der Waals surface area contributed by atoms with Crippen LogP contribution in [0, 0.1) is 27.7 Å². The third-order valence-corrected chi connectivity index (χ3v) is 9.40. The first kappa shape index (κ1) is 42.1. The van der Waals surface area contributed by atoms with Crippen molar-refractivity contribution in [1.82, 2.24) is 9.97 Å². The van der Waals surface area contributed by atoms with Crippen LogP contribution >= 0.6 is 12.4 Å². The van der Waals surface area contributed by atoms with Crippen LogP contribution in [0.25, 0.3) is 22.3 Å². The topological polar surface area (TPSA) is 104 Å². The summed E-state index contributed by atoms with van der Waals surface area (Å²) in [6.07, 6.45) is 7.73. The molecule has 4 aromatic carbocycles. The van der Waals surface area contributed by atoms with E-state index in [0.29, 0.717) is 13.0 Å². The molecule has 0 fully saturated rings. The molecule has 55 heavy (non-hydrogen) atoms. The Morgan fingerprint density at radius 1 is 0.564 bits per heavy atom. The average molecular weight is 756 g/mol. The van der Waals surface area contributed by atoms with Gasteiger partial charge in [0.2, 0.25) is 0 Å². The van der Waals surface area contributed by atoms with Crippen molar-refractivity contribution < 1.29 is 19.1 Å². The molecule has 284 valence electrons. The van der Waals surface area contributed by atoms with E-state index in [1.54, 1.807) is 6.20 Å². The van der Waals surface area contributed by atoms with Crippen LogP contribution in [-0.4, -0.2) is 21.9 Å². The molecule has 8 heteroatoms. The fourth-order valence-electron chi connectivity index (χ4n) is 6.46.